The summed E-state index contributed by atoms with van der Waals surface area (Å²) in [5.74, 6) is 0. The highest BCUT2D eigenvalue weighted by molar-refractivity contribution is 5.22. The highest BCUT2D eigenvalue weighted by Crippen LogP contribution is 2.33. The lowest BCUT2D eigenvalue weighted by atomic mass is 10.1. The maximum atomic E-state index is 6.20. The molecule has 3 nitrogen and oxygen atoms in total. The van der Waals surface area contributed by atoms with Gasteiger partial charge >= 0.3 is 0 Å². The maximum absolute atomic E-state index is 6.20. The van der Waals surface area contributed by atoms with Crippen LogP contribution in [0.25, 0.3) is 0 Å². The lowest BCUT2D eigenvalue weighted by molar-refractivity contribution is 0.119. The Labute approximate surface area is 116 Å². The van der Waals surface area contributed by atoms with Crippen LogP contribution in [0.4, 0.5) is 0 Å². The third-order valence-electron chi connectivity index (χ3n) is 4.38. The first-order valence-electron chi connectivity index (χ1n) is 7.42. The zero-order valence-corrected chi connectivity index (χ0v) is 11.9. The summed E-state index contributed by atoms with van der Waals surface area (Å²) in [5.41, 5.74) is 9.15. The van der Waals surface area contributed by atoms with Crippen LogP contribution in [0.2, 0.25) is 0 Å². The fraction of sp³-hybridized carbons (Fsp3) is 0.625. The summed E-state index contributed by atoms with van der Waals surface area (Å²) >= 11 is 0. The number of hydrogen-bond acceptors (Lipinski definition) is 3. The molecule has 1 saturated carbocycles. The summed E-state index contributed by atoms with van der Waals surface area (Å²) in [6, 6.07) is 8.86. The van der Waals surface area contributed by atoms with Gasteiger partial charge in [-0.1, -0.05) is 29.8 Å². The molecule has 2 aliphatic rings. The van der Waals surface area contributed by atoms with E-state index >= 15 is 0 Å². The molecule has 0 radical (unpaired) electrons. The monoisotopic (exact) mass is 259 g/mol. The molecule has 0 amide bonds. The fourth-order valence-corrected chi connectivity index (χ4v) is 2.94. The molecular formula is C16H25N3. The van der Waals surface area contributed by atoms with E-state index in [4.69, 9.17) is 5.73 Å². The second-order valence-electron chi connectivity index (χ2n) is 6.40. The lowest BCUT2D eigenvalue weighted by Crippen LogP contribution is -2.50. The zero-order chi connectivity index (χ0) is 13.3. The summed E-state index contributed by atoms with van der Waals surface area (Å²) < 4.78 is 0. The second-order valence-corrected chi connectivity index (χ2v) is 6.40. The first kappa shape index (κ1) is 13.1. The molecule has 19 heavy (non-hydrogen) atoms. The minimum atomic E-state index is 0.165. The lowest BCUT2D eigenvalue weighted by Gasteiger charge is -2.36. The average molecular weight is 259 g/mol. The SMILES string of the molecule is Cc1cccc(CN2CCN(CC3(N)CC3)CC2)c1. The Morgan fingerprint density at radius 3 is 2.42 bits per heavy atom. The molecule has 0 unspecified atom stereocenters. The van der Waals surface area contributed by atoms with E-state index in [-0.39, 0.29) is 5.54 Å². The summed E-state index contributed by atoms with van der Waals surface area (Å²) in [7, 11) is 0. The van der Waals surface area contributed by atoms with Crippen molar-refractivity contribution in [1.29, 1.82) is 0 Å². The Balaban J connectivity index is 1.47. The van der Waals surface area contributed by atoms with E-state index in [1.807, 2.05) is 0 Å². The van der Waals surface area contributed by atoms with Crippen molar-refractivity contribution in [3.8, 4) is 0 Å². The molecule has 0 spiro atoms. The van der Waals surface area contributed by atoms with Crippen molar-refractivity contribution in [2.75, 3.05) is 32.7 Å². The van der Waals surface area contributed by atoms with E-state index in [1.165, 1.54) is 50.1 Å². The number of nitrogens with zero attached hydrogens (tertiary/aromatic N) is 2. The van der Waals surface area contributed by atoms with Gasteiger partial charge in [0.1, 0.15) is 0 Å². The molecule has 3 rings (SSSR count). The van der Waals surface area contributed by atoms with Crippen molar-refractivity contribution in [3.63, 3.8) is 0 Å². The van der Waals surface area contributed by atoms with Gasteiger partial charge < -0.3 is 5.73 Å². The molecular weight excluding hydrogens is 234 g/mol. The first-order chi connectivity index (χ1) is 9.13. The summed E-state index contributed by atoms with van der Waals surface area (Å²) in [5, 5.41) is 0. The minimum Gasteiger partial charge on any atom is -0.324 e. The van der Waals surface area contributed by atoms with Gasteiger partial charge in [0.2, 0.25) is 0 Å². The highest BCUT2D eigenvalue weighted by atomic mass is 15.3. The normalized spacial score (nSPS) is 23.5. The molecule has 2 N–H and O–H groups in total. The Hall–Kier alpha value is -0.900. The Bertz CT molecular complexity index is 431. The molecule has 0 bridgehead atoms. The molecule has 1 aliphatic carbocycles. The minimum absolute atomic E-state index is 0.165. The van der Waals surface area contributed by atoms with Gasteiger partial charge in [0.15, 0.2) is 0 Å². The number of aryl methyl sites for hydroxylation is 1. The zero-order valence-electron chi connectivity index (χ0n) is 11.9. The maximum Gasteiger partial charge on any atom is 0.0284 e. The van der Waals surface area contributed by atoms with E-state index < -0.39 is 0 Å². The topological polar surface area (TPSA) is 32.5 Å². The fourth-order valence-electron chi connectivity index (χ4n) is 2.94. The van der Waals surface area contributed by atoms with Crippen LogP contribution in [0, 0.1) is 6.92 Å². The van der Waals surface area contributed by atoms with Crippen LogP contribution in [0.15, 0.2) is 24.3 Å². The van der Waals surface area contributed by atoms with Gasteiger partial charge in [-0.15, -0.1) is 0 Å². The number of hydrogen-bond donors (Lipinski definition) is 1. The summed E-state index contributed by atoms with van der Waals surface area (Å²) in [6.07, 6.45) is 2.44. The molecule has 0 aromatic heterocycles. The van der Waals surface area contributed by atoms with Crippen LogP contribution in [-0.4, -0.2) is 48.1 Å². The van der Waals surface area contributed by atoms with Gasteiger partial charge in [0, 0.05) is 44.8 Å². The molecule has 1 aromatic carbocycles. The van der Waals surface area contributed by atoms with Crippen molar-refractivity contribution in [3.05, 3.63) is 35.4 Å². The van der Waals surface area contributed by atoms with Crippen LogP contribution < -0.4 is 5.73 Å². The summed E-state index contributed by atoms with van der Waals surface area (Å²) in [4.78, 5) is 5.10. The van der Waals surface area contributed by atoms with Gasteiger partial charge in [-0.3, -0.25) is 9.80 Å². The number of benzene rings is 1. The van der Waals surface area contributed by atoms with Gasteiger partial charge in [-0.05, 0) is 25.3 Å². The number of nitrogens with two attached hydrogens (primary N) is 1. The Morgan fingerprint density at radius 2 is 1.79 bits per heavy atom. The Kier molecular flexibility index (Phi) is 3.61. The predicted molar refractivity (Wildman–Crippen MR) is 79.0 cm³/mol. The van der Waals surface area contributed by atoms with Crippen LogP contribution in [0.1, 0.15) is 24.0 Å². The third kappa shape index (κ3) is 3.56. The van der Waals surface area contributed by atoms with Crippen LogP contribution in [0.5, 0.6) is 0 Å². The van der Waals surface area contributed by atoms with Crippen molar-refractivity contribution >= 4 is 0 Å². The van der Waals surface area contributed by atoms with Crippen LogP contribution in [0.3, 0.4) is 0 Å². The van der Waals surface area contributed by atoms with E-state index in [9.17, 15) is 0 Å². The number of rotatable bonds is 4. The van der Waals surface area contributed by atoms with Gasteiger partial charge in [-0.2, -0.15) is 0 Å². The van der Waals surface area contributed by atoms with E-state index in [0.717, 1.165) is 13.1 Å². The molecule has 0 atom stereocenters. The van der Waals surface area contributed by atoms with E-state index in [1.54, 1.807) is 0 Å². The van der Waals surface area contributed by atoms with Crippen molar-refractivity contribution in [1.82, 2.24) is 9.80 Å². The van der Waals surface area contributed by atoms with E-state index in [2.05, 4.69) is 41.0 Å². The third-order valence-corrected chi connectivity index (χ3v) is 4.38. The van der Waals surface area contributed by atoms with Gasteiger partial charge in [-0.25, -0.2) is 0 Å². The summed E-state index contributed by atoms with van der Waals surface area (Å²) in [6.45, 7) is 9.04. The highest BCUT2D eigenvalue weighted by Gasteiger charge is 2.39. The standard InChI is InChI=1S/C16H25N3/c1-14-3-2-4-15(11-14)12-18-7-9-19(10-8-18)13-16(17)5-6-16/h2-4,11H,5-10,12-13,17H2,1H3. The molecule has 1 saturated heterocycles. The molecule has 1 aliphatic heterocycles. The molecule has 1 aromatic rings. The van der Waals surface area contributed by atoms with Crippen molar-refractivity contribution < 1.29 is 0 Å². The smallest absolute Gasteiger partial charge is 0.0284 e. The molecule has 2 fully saturated rings. The molecule has 3 heteroatoms. The Morgan fingerprint density at radius 1 is 1.11 bits per heavy atom. The average Bonchev–Trinajstić information content (AvgIpc) is 3.10. The first-order valence-corrected chi connectivity index (χ1v) is 7.42. The van der Waals surface area contributed by atoms with Gasteiger partial charge in [0.25, 0.3) is 0 Å². The van der Waals surface area contributed by atoms with Gasteiger partial charge in [0.05, 0.1) is 0 Å². The van der Waals surface area contributed by atoms with Crippen molar-refractivity contribution in [2.24, 2.45) is 5.73 Å². The largest absolute Gasteiger partial charge is 0.324 e. The predicted octanol–water partition coefficient (Wildman–Crippen LogP) is 1.60. The van der Waals surface area contributed by atoms with E-state index in [0.29, 0.717) is 0 Å². The number of piperazine rings is 1. The molecule has 1 heterocycles. The quantitative estimate of drug-likeness (QED) is 0.891. The molecule has 104 valence electrons. The van der Waals surface area contributed by atoms with Crippen molar-refractivity contribution in [2.45, 2.75) is 31.8 Å². The second kappa shape index (κ2) is 5.23. The van der Waals surface area contributed by atoms with Crippen LogP contribution in [-0.2, 0) is 6.54 Å². The van der Waals surface area contributed by atoms with Crippen LogP contribution >= 0.6 is 0 Å².